The van der Waals surface area contributed by atoms with Crippen LogP contribution in [-0.4, -0.2) is 30.1 Å². The van der Waals surface area contributed by atoms with Crippen LogP contribution < -0.4 is 28.5 Å². The van der Waals surface area contributed by atoms with Crippen LogP contribution in [0.25, 0.3) is 0 Å². The van der Waals surface area contributed by atoms with Crippen LogP contribution in [0.5, 0.6) is 0 Å². The van der Waals surface area contributed by atoms with E-state index in [1.807, 2.05) is 11.6 Å². The Morgan fingerprint density at radius 2 is 1.80 bits per heavy atom. The van der Waals surface area contributed by atoms with E-state index in [1.165, 1.54) is 0 Å². The van der Waals surface area contributed by atoms with Gasteiger partial charge in [-0.25, -0.2) is 0 Å². The van der Waals surface area contributed by atoms with Crippen molar-refractivity contribution in [1.29, 1.82) is 0 Å². The maximum Gasteiger partial charge on any atom is 0.506 e. The van der Waals surface area contributed by atoms with Crippen LogP contribution in [0.3, 0.4) is 0 Å². The predicted octanol–water partition coefficient (Wildman–Crippen LogP) is -2.08. The van der Waals surface area contributed by atoms with E-state index in [2.05, 4.69) is 10.1 Å². The smallest absolute Gasteiger partial charge is 0.506 e. The minimum Gasteiger partial charge on any atom is -1.00 e. The Bertz CT molecular complexity index is 248. The highest BCUT2D eigenvalue weighted by molar-refractivity contribution is 7.07. The number of aromatic nitrogens is 1. The van der Waals surface area contributed by atoms with Gasteiger partial charge in [-0.1, -0.05) is 11.3 Å². The molecule has 7 heteroatoms. The Labute approximate surface area is 113 Å². The molecule has 1 rings (SSSR count). The monoisotopic (exact) mass is 361 g/mol. The summed E-state index contributed by atoms with van der Waals surface area (Å²) in [5, 5.41) is 2.04. The van der Waals surface area contributed by atoms with Gasteiger partial charge in [0.2, 0.25) is 5.51 Å². The first-order chi connectivity index (χ1) is 6.76. The lowest BCUT2D eigenvalue weighted by Gasteiger charge is -2.22. The van der Waals surface area contributed by atoms with Gasteiger partial charge in [0.15, 0.2) is 12.7 Å². The molecule has 0 saturated carbocycles. The summed E-state index contributed by atoms with van der Waals surface area (Å²) in [5.41, 5.74) is 2.06. The molecule has 0 aliphatic rings. The van der Waals surface area contributed by atoms with Gasteiger partial charge in [-0.2, -0.15) is 4.57 Å². The van der Waals surface area contributed by atoms with E-state index in [1.54, 1.807) is 32.7 Å². The summed E-state index contributed by atoms with van der Waals surface area (Å²) in [4.78, 5) is 0. The van der Waals surface area contributed by atoms with Gasteiger partial charge < -0.3 is 37.3 Å². The van der Waals surface area contributed by atoms with Crippen molar-refractivity contribution < 1.29 is 41.8 Å². The van der Waals surface area contributed by atoms with Gasteiger partial charge in [0.25, 0.3) is 0 Å². The van der Waals surface area contributed by atoms with Crippen LogP contribution >= 0.6 is 11.3 Å². The van der Waals surface area contributed by atoms with Crippen molar-refractivity contribution in [3.05, 3.63) is 17.1 Å². The van der Waals surface area contributed by atoms with Crippen molar-refractivity contribution in [3.8, 4) is 0 Å². The van der Waals surface area contributed by atoms with E-state index in [-0.39, 0.29) is 24.0 Å². The molecule has 1 aromatic heterocycles. The lowest BCUT2D eigenvalue weighted by atomic mass is 10.7. The fraction of sp³-hybridized carbons (Fsp3) is 0.625. The minimum atomic E-state index is -2.39. The van der Waals surface area contributed by atoms with Crippen LogP contribution in [0, 0.1) is 0 Å². The van der Waals surface area contributed by atoms with Gasteiger partial charge in [-0.3, -0.25) is 0 Å². The number of nitrogens with zero attached hydrogens (tertiary/aromatic N) is 1. The second kappa shape index (κ2) is 7.69. The molecular formula is C8H16INO3SSi. The summed E-state index contributed by atoms with van der Waals surface area (Å²) < 4.78 is 18.1. The van der Waals surface area contributed by atoms with Crippen molar-refractivity contribution in [2.75, 3.05) is 21.3 Å². The molecule has 0 atom stereocenters. The summed E-state index contributed by atoms with van der Waals surface area (Å²) in [6.07, 6.45) is 2.03. The molecular weight excluding hydrogens is 345 g/mol. The average molecular weight is 361 g/mol. The van der Waals surface area contributed by atoms with E-state index in [4.69, 9.17) is 13.3 Å². The predicted molar refractivity (Wildman–Crippen MR) is 56.1 cm³/mol. The van der Waals surface area contributed by atoms with Gasteiger partial charge in [-0.05, 0) is 0 Å². The quantitative estimate of drug-likeness (QED) is 0.331. The molecule has 0 spiro atoms. The minimum absolute atomic E-state index is 0. The highest BCUT2D eigenvalue weighted by atomic mass is 127. The zero-order chi connectivity index (χ0) is 10.4. The number of aryl methyl sites for hydroxylation is 1. The highest BCUT2D eigenvalue weighted by Crippen LogP contribution is 2.11. The highest BCUT2D eigenvalue weighted by Gasteiger charge is 2.38. The fourth-order valence-electron chi connectivity index (χ4n) is 1.21. The topological polar surface area (TPSA) is 31.6 Å². The van der Waals surface area contributed by atoms with Gasteiger partial charge >= 0.3 is 8.80 Å². The number of hydrogen-bond acceptors (Lipinski definition) is 4. The molecule has 88 valence electrons. The Hall–Kier alpha value is 0.457. The largest absolute Gasteiger partial charge is 1.00 e. The van der Waals surface area contributed by atoms with E-state index >= 15 is 0 Å². The van der Waals surface area contributed by atoms with Crippen LogP contribution in [-0.2, 0) is 19.8 Å². The van der Waals surface area contributed by atoms with Gasteiger partial charge in [0.1, 0.15) is 0 Å². The Balaban J connectivity index is 0.00000196. The van der Waals surface area contributed by atoms with Gasteiger partial charge in [-0.15, -0.1) is 0 Å². The van der Waals surface area contributed by atoms with Gasteiger partial charge in [0, 0.05) is 21.3 Å². The molecule has 0 bridgehead atoms. The first-order valence-corrected chi connectivity index (χ1v) is 7.20. The molecule has 0 fully saturated rings. The molecule has 0 N–H and O–H groups in total. The number of hydrogen-bond donors (Lipinski definition) is 0. The Morgan fingerprint density at radius 3 is 2.20 bits per heavy atom. The van der Waals surface area contributed by atoms with Crippen LogP contribution in [0.15, 0.2) is 17.1 Å². The number of halogens is 1. The van der Waals surface area contributed by atoms with Crippen LogP contribution in [0.4, 0.5) is 0 Å². The summed E-state index contributed by atoms with van der Waals surface area (Å²) in [7, 11) is 2.52. The summed E-state index contributed by atoms with van der Waals surface area (Å²) >= 11 is 1.67. The molecule has 0 aliphatic carbocycles. The second-order valence-corrected chi connectivity index (χ2v) is 6.66. The zero-order valence-electron chi connectivity index (χ0n) is 9.10. The lowest BCUT2D eigenvalue weighted by Crippen LogP contribution is -3.00. The summed E-state index contributed by atoms with van der Waals surface area (Å²) in [6, 6.07) is 0.790. The van der Waals surface area contributed by atoms with Gasteiger partial charge in [0.05, 0.1) is 11.4 Å². The molecule has 0 amide bonds. The zero-order valence-corrected chi connectivity index (χ0v) is 13.1. The maximum absolute atomic E-state index is 5.32. The van der Waals surface area contributed by atoms with E-state index in [9.17, 15) is 0 Å². The summed E-state index contributed by atoms with van der Waals surface area (Å²) in [6.45, 7) is 0.866. The maximum atomic E-state index is 5.32. The number of rotatable bonds is 6. The first-order valence-electron chi connectivity index (χ1n) is 4.33. The van der Waals surface area contributed by atoms with E-state index in [0.717, 1.165) is 12.6 Å². The lowest BCUT2D eigenvalue weighted by molar-refractivity contribution is -0.689. The molecule has 4 nitrogen and oxygen atoms in total. The van der Waals surface area contributed by atoms with E-state index in [0.29, 0.717) is 0 Å². The fourth-order valence-corrected chi connectivity index (χ4v) is 3.48. The SMILES string of the molecule is CO[Si](CC[n+]1ccsc1)(OC)OC.[I-]. The molecule has 15 heavy (non-hydrogen) atoms. The van der Waals surface area contributed by atoms with E-state index < -0.39 is 8.80 Å². The third-order valence-corrected chi connectivity index (χ3v) is 5.51. The Morgan fingerprint density at radius 1 is 1.20 bits per heavy atom. The summed E-state index contributed by atoms with van der Waals surface area (Å²) in [5.74, 6) is 0. The molecule has 0 radical (unpaired) electrons. The van der Waals surface area contributed by atoms with Crippen molar-refractivity contribution in [2.45, 2.75) is 12.6 Å². The van der Waals surface area contributed by atoms with Crippen molar-refractivity contribution in [3.63, 3.8) is 0 Å². The van der Waals surface area contributed by atoms with Crippen molar-refractivity contribution >= 4 is 20.1 Å². The third kappa shape index (κ3) is 4.45. The molecule has 0 aliphatic heterocycles. The van der Waals surface area contributed by atoms with Crippen LogP contribution in [0.1, 0.15) is 0 Å². The molecule has 0 unspecified atom stereocenters. The molecule has 1 aromatic rings. The third-order valence-electron chi connectivity index (χ3n) is 2.14. The molecule has 1 heterocycles. The number of thiazole rings is 1. The standard InChI is InChI=1S/C8H16NO3SSi.HI/c1-10-14(11-2,12-3)7-5-9-4-6-13-8-9;/h4,6,8H,5,7H2,1-3H3;1H/q+1;/p-1. The van der Waals surface area contributed by atoms with Crippen LogP contribution in [0.2, 0.25) is 6.04 Å². The normalized spacial score (nSPS) is 11.1. The molecule has 0 aromatic carbocycles. The average Bonchev–Trinajstić information content (AvgIpc) is 2.74. The molecule has 0 saturated heterocycles. The van der Waals surface area contributed by atoms with Crippen molar-refractivity contribution in [1.82, 2.24) is 0 Å². The van der Waals surface area contributed by atoms with Crippen molar-refractivity contribution in [2.24, 2.45) is 0 Å². The first kappa shape index (κ1) is 15.5. The second-order valence-electron chi connectivity index (χ2n) is 2.81. The Kier molecular flexibility index (Phi) is 7.92.